The van der Waals surface area contributed by atoms with E-state index in [0.717, 1.165) is 57.3 Å². The predicted molar refractivity (Wildman–Crippen MR) is 110 cm³/mol. The van der Waals surface area contributed by atoms with Crippen molar-refractivity contribution in [3.05, 3.63) is 30.6 Å². The molecule has 0 aliphatic carbocycles. The summed E-state index contributed by atoms with van der Waals surface area (Å²) < 4.78 is 1.90. The van der Waals surface area contributed by atoms with Crippen LogP contribution in [-0.4, -0.2) is 73.7 Å². The Morgan fingerprint density at radius 2 is 2.00 bits per heavy atom. The van der Waals surface area contributed by atoms with Gasteiger partial charge in [0.2, 0.25) is 0 Å². The zero-order chi connectivity index (χ0) is 19.1. The van der Waals surface area contributed by atoms with Crippen molar-refractivity contribution in [1.82, 2.24) is 34.6 Å². The Kier molecular flexibility index (Phi) is 6.70. The summed E-state index contributed by atoms with van der Waals surface area (Å²) in [6.45, 7) is 8.28. The van der Waals surface area contributed by atoms with Crippen LogP contribution in [0.2, 0.25) is 0 Å². The molecule has 1 aliphatic heterocycles. The lowest BCUT2D eigenvalue weighted by Gasteiger charge is -2.33. The second-order valence-corrected chi connectivity index (χ2v) is 6.68. The molecule has 0 unspecified atom stereocenters. The van der Waals surface area contributed by atoms with E-state index < -0.39 is 0 Å². The highest BCUT2D eigenvalue weighted by Gasteiger charge is 2.17. The summed E-state index contributed by atoms with van der Waals surface area (Å²) >= 11 is 5.19. The molecule has 1 saturated heterocycles. The molecule has 0 radical (unpaired) electrons. The molecule has 0 bridgehead atoms. The SMILES string of the molecule is C#CCN1CCN(Cc2cn(-c3cc(NC(=S)NCC)ncn3)cn2)CC1. The van der Waals surface area contributed by atoms with Crippen LogP contribution in [0.5, 0.6) is 0 Å². The Labute approximate surface area is 165 Å². The van der Waals surface area contributed by atoms with Crippen molar-refractivity contribution in [3.8, 4) is 18.2 Å². The molecule has 2 aromatic rings. The smallest absolute Gasteiger partial charge is 0.171 e. The number of thiocarbonyl (C=S) groups is 1. The summed E-state index contributed by atoms with van der Waals surface area (Å²) in [5.41, 5.74) is 1.01. The lowest BCUT2D eigenvalue weighted by atomic mass is 10.3. The van der Waals surface area contributed by atoms with E-state index >= 15 is 0 Å². The molecule has 0 spiro atoms. The van der Waals surface area contributed by atoms with Crippen LogP contribution >= 0.6 is 12.2 Å². The van der Waals surface area contributed by atoms with E-state index in [9.17, 15) is 0 Å². The zero-order valence-electron chi connectivity index (χ0n) is 15.4. The monoisotopic (exact) mass is 384 g/mol. The molecule has 2 N–H and O–H groups in total. The highest BCUT2D eigenvalue weighted by molar-refractivity contribution is 7.80. The van der Waals surface area contributed by atoms with Gasteiger partial charge in [-0.25, -0.2) is 15.0 Å². The van der Waals surface area contributed by atoms with E-state index in [4.69, 9.17) is 18.6 Å². The van der Waals surface area contributed by atoms with Gasteiger partial charge in [-0.05, 0) is 19.1 Å². The largest absolute Gasteiger partial charge is 0.363 e. The fourth-order valence-corrected chi connectivity index (χ4v) is 3.16. The summed E-state index contributed by atoms with van der Waals surface area (Å²) in [7, 11) is 0. The van der Waals surface area contributed by atoms with Crippen LogP contribution in [0.4, 0.5) is 5.82 Å². The minimum atomic E-state index is 0.539. The number of terminal acetylenes is 1. The van der Waals surface area contributed by atoms with Crippen molar-refractivity contribution in [2.75, 3.05) is 44.6 Å². The van der Waals surface area contributed by atoms with Gasteiger partial charge >= 0.3 is 0 Å². The number of hydrogen-bond donors (Lipinski definition) is 2. The molecule has 1 aliphatic rings. The average Bonchev–Trinajstić information content (AvgIpc) is 3.12. The maximum absolute atomic E-state index is 5.38. The fraction of sp³-hybridized carbons (Fsp3) is 0.444. The van der Waals surface area contributed by atoms with Gasteiger partial charge < -0.3 is 10.6 Å². The van der Waals surface area contributed by atoms with Crippen molar-refractivity contribution in [2.45, 2.75) is 13.5 Å². The van der Waals surface area contributed by atoms with E-state index in [0.29, 0.717) is 10.9 Å². The topological polar surface area (TPSA) is 74.1 Å². The molecule has 9 heteroatoms. The Morgan fingerprint density at radius 3 is 2.74 bits per heavy atom. The third kappa shape index (κ3) is 5.47. The van der Waals surface area contributed by atoms with E-state index in [1.807, 2.05) is 23.8 Å². The van der Waals surface area contributed by atoms with Gasteiger partial charge in [0.15, 0.2) is 5.11 Å². The number of rotatable bonds is 6. The van der Waals surface area contributed by atoms with Crippen molar-refractivity contribution < 1.29 is 0 Å². The Balaban J connectivity index is 1.59. The number of nitrogens with one attached hydrogen (secondary N) is 2. The van der Waals surface area contributed by atoms with Crippen molar-refractivity contribution in [2.24, 2.45) is 0 Å². The van der Waals surface area contributed by atoms with Crippen LogP contribution < -0.4 is 10.6 Å². The zero-order valence-corrected chi connectivity index (χ0v) is 16.2. The molecule has 0 aromatic carbocycles. The molecule has 0 atom stereocenters. The summed E-state index contributed by atoms with van der Waals surface area (Å²) in [5.74, 6) is 4.09. The minimum absolute atomic E-state index is 0.539. The van der Waals surface area contributed by atoms with Crippen LogP contribution in [-0.2, 0) is 6.54 Å². The molecule has 0 amide bonds. The lowest BCUT2D eigenvalue weighted by molar-refractivity contribution is 0.137. The Morgan fingerprint density at radius 1 is 1.22 bits per heavy atom. The summed E-state index contributed by atoms with van der Waals surface area (Å²) in [4.78, 5) is 17.7. The molecule has 3 rings (SSSR count). The summed E-state index contributed by atoms with van der Waals surface area (Å²) in [5, 5.41) is 6.62. The summed E-state index contributed by atoms with van der Waals surface area (Å²) in [6, 6.07) is 1.84. The first-order chi connectivity index (χ1) is 13.2. The third-order valence-corrected chi connectivity index (χ3v) is 4.54. The molecule has 142 valence electrons. The average molecular weight is 385 g/mol. The van der Waals surface area contributed by atoms with Gasteiger partial charge in [-0.1, -0.05) is 5.92 Å². The number of imidazole rings is 1. The van der Waals surface area contributed by atoms with Gasteiger partial charge in [-0.3, -0.25) is 14.4 Å². The van der Waals surface area contributed by atoms with Gasteiger partial charge in [0.1, 0.15) is 24.3 Å². The van der Waals surface area contributed by atoms with E-state index in [1.54, 1.807) is 6.33 Å². The van der Waals surface area contributed by atoms with Crippen molar-refractivity contribution in [3.63, 3.8) is 0 Å². The molecule has 1 fully saturated rings. The van der Waals surface area contributed by atoms with Crippen molar-refractivity contribution >= 4 is 23.1 Å². The van der Waals surface area contributed by atoms with Crippen molar-refractivity contribution in [1.29, 1.82) is 0 Å². The number of hydrogen-bond acceptors (Lipinski definition) is 6. The van der Waals surface area contributed by atoms with Gasteiger partial charge in [-0.2, -0.15) is 0 Å². The number of aromatic nitrogens is 4. The van der Waals surface area contributed by atoms with E-state index in [2.05, 4.69) is 41.3 Å². The fourth-order valence-electron chi connectivity index (χ4n) is 2.91. The van der Waals surface area contributed by atoms with E-state index in [1.165, 1.54) is 6.33 Å². The second kappa shape index (κ2) is 9.41. The Bertz CT molecular complexity index is 804. The summed E-state index contributed by atoms with van der Waals surface area (Å²) in [6.07, 6.45) is 10.7. The number of nitrogens with zero attached hydrogens (tertiary/aromatic N) is 6. The first-order valence-electron chi connectivity index (χ1n) is 8.96. The second-order valence-electron chi connectivity index (χ2n) is 6.27. The first-order valence-corrected chi connectivity index (χ1v) is 9.37. The number of anilines is 1. The molecule has 0 saturated carbocycles. The highest BCUT2D eigenvalue weighted by Crippen LogP contribution is 2.12. The lowest BCUT2D eigenvalue weighted by Crippen LogP contribution is -2.45. The Hall–Kier alpha value is -2.54. The standard InChI is InChI=1S/C18H24N8S/c1-3-5-24-6-8-25(9-7-24)11-15-12-26(14-22-15)17-10-16(20-13-21-17)23-18(27)19-4-2/h1,10,12-14H,4-9,11H2,2H3,(H2,19,20,21,23,27). The van der Waals surface area contributed by atoms with E-state index in [-0.39, 0.29) is 0 Å². The number of piperazine rings is 1. The normalized spacial score (nSPS) is 15.3. The van der Waals surface area contributed by atoms with Gasteiger partial charge in [-0.15, -0.1) is 6.42 Å². The third-order valence-electron chi connectivity index (χ3n) is 4.30. The maximum atomic E-state index is 5.38. The predicted octanol–water partition coefficient (Wildman–Crippen LogP) is 0.719. The molecule has 27 heavy (non-hydrogen) atoms. The van der Waals surface area contributed by atoms with Gasteiger partial charge in [0, 0.05) is 51.5 Å². The van der Waals surface area contributed by atoms with Gasteiger partial charge in [0.05, 0.1) is 12.2 Å². The molecular weight excluding hydrogens is 360 g/mol. The van der Waals surface area contributed by atoms with Crippen LogP contribution in [0.25, 0.3) is 5.82 Å². The van der Waals surface area contributed by atoms with Crippen LogP contribution in [0.3, 0.4) is 0 Å². The molecule has 3 heterocycles. The van der Waals surface area contributed by atoms with Gasteiger partial charge in [0.25, 0.3) is 0 Å². The highest BCUT2D eigenvalue weighted by atomic mass is 32.1. The quantitative estimate of drug-likeness (QED) is 0.558. The molecular formula is C18H24N8S. The molecule has 8 nitrogen and oxygen atoms in total. The van der Waals surface area contributed by atoms with Crippen LogP contribution in [0.15, 0.2) is 24.9 Å². The van der Waals surface area contributed by atoms with Crippen LogP contribution in [0, 0.1) is 12.3 Å². The maximum Gasteiger partial charge on any atom is 0.171 e. The van der Waals surface area contributed by atoms with Crippen LogP contribution in [0.1, 0.15) is 12.6 Å². The minimum Gasteiger partial charge on any atom is -0.363 e. The first kappa shape index (κ1) is 19.2. The molecule has 2 aromatic heterocycles.